The predicted molar refractivity (Wildman–Crippen MR) is 131 cm³/mol. The highest BCUT2D eigenvalue weighted by Crippen LogP contribution is 2.57. The lowest BCUT2D eigenvalue weighted by atomic mass is 9.64. The number of alkyl halides is 3. The number of hydrogen-bond donors (Lipinski definition) is 1. The van der Waals surface area contributed by atoms with Crippen LogP contribution in [0.2, 0.25) is 30.8 Å². The number of hydrogen-bond acceptors (Lipinski definition) is 4. The first-order chi connectivity index (χ1) is 16.7. The monoisotopic (exact) mass is 547 g/mol. The minimum Gasteiger partial charge on any atom is -0.450 e. The van der Waals surface area contributed by atoms with Crippen LogP contribution in [0.25, 0.3) is 11.0 Å². The number of nitrogens with two attached hydrogens (primary N) is 1. The number of aromatic nitrogens is 2. The van der Waals surface area contributed by atoms with Crippen molar-refractivity contribution in [3.05, 3.63) is 46.7 Å². The Morgan fingerprint density at radius 3 is 2.31 bits per heavy atom. The van der Waals surface area contributed by atoms with E-state index < -0.39 is 37.0 Å². The van der Waals surface area contributed by atoms with E-state index in [0.29, 0.717) is 13.0 Å². The molecule has 2 N–H and O–H groups in total. The Morgan fingerprint density at radius 2 is 1.78 bits per heavy atom. The van der Waals surface area contributed by atoms with Crippen LogP contribution in [0.5, 0.6) is 11.5 Å². The number of ether oxygens (including phenoxy) is 2. The number of anilines is 1. The minimum atomic E-state index is -4.56. The van der Waals surface area contributed by atoms with Gasteiger partial charge >= 0.3 is 6.18 Å². The van der Waals surface area contributed by atoms with E-state index in [1.807, 2.05) is 0 Å². The summed E-state index contributed by atoms with van der Waals surface area (Å²) in [6, 6.07) is 3.74. The van der Waals surface area contributed by atoms with Crippen molar-refractivity contribution in [2.75, 3.05) is 12.3 Å². The average Bonchev–Trinajstić information content (AvgIpc) is 3.03. The van der Waals surface area contributed by atoms with Crippen molar-refractivity contribution >= 4 is 36.4 Å². The predicted octanol–water partition coefficient (Wildman–Crippen LogP) is 7.64. The van der Waals surface area contributed by atoms with E-state index in [1.165, 1.54) is 10.8 Å². The molecule has 0 radical (unpaired) electrons. The van der Waals surface area contributed by atoms with Gasteiger partial charge in [-0.05, 0) is 24.4 Å². The molecule has 0 amide bonds. The van der Waals surface area contributed by atoms with Crippen LogP contribution in [0.15, 0.2) is 24.4 Å². The van der Waals surface area contributed by atoms with Gasteiger partial charge < -0.3 is 19.8 Å². The second-order valence-corrected chi connectivity index (χ2v) is 16.4. The summed E-state index contributed by atoms with van der Waals surface area (Å²) in [7, 11) is -1.39. The van der Waals surface area contributed by atoms with Gasteiger partial charge in [-0.1, -0.05) is 37.7 Å². The Morgan fingerprint density at radius 1 is 1.14 bits per heavy atom. The highest BCUT2D eigenvalue weighted by atomic mass is 35.5. The molecule has 0 saturated heterocycles. The fraction of sp³-hybridized carbons (Fsp3) is 0.458. The normalized spacial score (nSPS) is 15.8. The summed E-state index contributed by atoms with van der Waals surface area (Å²) in [5.74, 6) is -3.23. The van der Waals surface area contributed by atoms with E-state index in [1.54, 1.807) is 0 Å². The van der Waals surface area contributed by atoms with Crippen molar-refractivity contribution in [1.29, 1.82) is 0 Å². The van der Waals surface area contributed by atoms with E-state index in [9.17, 15) is 22.0 Å². The molecule has 0 aliphatic heterocycles. The lowest BCUT2D eigenvalue weighted by Crippen LogP contribution is -2.47. The number of benzene rings is 1. The summed E-state index contributed by atoms with van der Waals surface area (Å²) in [6.45, 7) is 6.92. The summed E-state index contributed by atoms with van der Waals surface area (Å²) >= 11 is 6.18. The van der Waals surface area contributed by atoms with Crippen LogP contribution in [0, 0.1) is 11.6 Å². The third kappa shape index (κ3) is 5.05. The second-order valence-electron chi connectivity index (χ2n) is 10.4. The first-order valence-electron chi connectivity index (χ1n) is 11.5. The number of nitrogens with zero attached hydrogens (tertiary/aromatic N) is 2. The second kappa shape index (κ2) is 9.49. The van der Waals surface area contributed by atoms with Crippen LogP contribution >= 0.6 is 11.6 Å². The molecule has 3 aromatic rings. The molecule has 0 bridgehead atoms. The van der Waals surface area contributed by atoms with Crippen molar-refractivity contribution in [2.24, 2.45) is 0 Å². The van der Waals surface area contributed by atoms with Gasteiger partial charge in [0, 0.05) is 44.8 Å². The van der Waals surface area contributed by atoms with Gasteiger partial charge in [0.25, 0.3) is 0 Å². The smallest absolute Gasteiger partial charge is 0.398 e. The first kappa shape index (κ1) is 26.7. The van der Waals surface area contributed by atoms with Crippen LogP contribution in [-0.4, -0.2) is 30.4 Å². The molecular formula is C24H27ClF5N3O2Si. The molecule has 5 nitrogen and oxygen atoms in total. The highest BCUT2D eigenvalue weighted by molar-refractivity contribution is 6.76. The summed E-state index contributed by atoms with van der Waals surface area (Å²) in [4.78, 5) is 4.24. The van der Waals surface area contributed by atoms with Crippen LogP contribution < -0.4 is 10.5 Å². The van der Waals surface area contributed by atoms with Crippen LogP contribution in [-0.2, 0) is 16.9 Å². The van der Waals surface area contributed by atoms with E-state index in [0.717, 1.165) is 24.2 Å². The van der Waals surface area contributed by atoms with E-state index in [-0.39, 0.29) is 52.8 Å². The van der Waals surface area contributed by atoms with Crippen molar-refractivity contribution in [1.82, 2.24) is 9.55 Å². The molecule has 4 rings (SSSR count). The third-order valence-corrected chi connectivity index (χ3v) is 8.38. The van der Waals surface area contributed by atoms with Gasteiger partial charge in [-0.25, -0.2) is 13.8 Å². The molecular weight excluding hydrogens is 521 g/mol. The van der Waals surface area contributed by atoms with Crippen molar-refractivity contribution < 1.29 is 31.4 Å². The van der Waals surface area contributed by atoms with Gasteiger partial charge in [0.2, 0.25) is 0 Å². The molecule has 1 aliphatic carbocycles. The topological polar surface area (TPSA) is 62.3 Å². The number of rotatable bonds is 8. The van der Waals surface area contributed by atoms with Gasteiger partial charge in [-0.3, -0.25) is 0 Å². The van der Waals surface area contributed by atoms with Crippen LogP contribution in [0.4, 0.5) is 27.6 Å². The molecule has 1 fully saturated rings. The quantitative estimate of drug-likeness (QED) is 0.103. The Labute approximate surface area is 211 Å². The van der Waals surface area contributed by atoms with Gasteiger partial charge in [0.05, 0.1) is 10.8 Å². The minimum absolute atomic E-state index is 0.0131. The Balaban J connectivity index is 1.85. The summed E-state index contributed by atoms with van der Waals surface area (Å²) < 4.78 is 84.9. The Bertz CT molecular complexity index is 1260. The van der Waals surface area contributed by atoms with Crippen molar-refractivity contribution in [3.63, 3.8) is 0 Å². The van der Waals surface area contributed by atoms with Crippen LogP contribution in [0.1, 0.15) is 24.8 Å². The molecule has 0 spiro atoms. The van der Waals surface area contributed by atoms with Gasteiger partial charge in [-0.15, -0.1) is 0 Å². The number of nitrogen functional groups attached to an aromatic ring is 1. The molecule has 2 aromatic heterocycles. The zero-order valence-electron chi connectivity index (χ0n) is 20.1. The standard InChI is InChI=1S/C24H27ClF5N3O2Si/c1-36(2,3)8-7-34-13-33-12-15(23(5-4-6-23)24(28,29)30)20-18(11-19(25)32-22(20)33)35-21-16(26)9-14(31)10-17(21)27/h9-12H,4-8,13,31H2,1-3H3. The molecule has 196 valence electrons. The van der Waals surface area contributed by atoms with Crippen molar-refractivity contribution in [3.8, 4) is 11.5 Å². The number of fused-ring (bicyclic) bond motifs is 1. The molecule has 1 aliphatic rings. The fourth-order valence-electron chi connectivity index (χ4n) is 4.33. The molecule has 0 atom stereocenters. The fourth-order valence-corrected chi connectivity index (χ4v) is 5.26. The Kier molecular flexibility index (Phi) is 7.04. The molecule has 2 heterocycles. The molecule has 12 heteroatoms. The lowest BCUT2D eigenvalue weighted by molar-refractivity contribution is -0.212. The van der Waals surface area contributed by atoms with Crippen LogP contribution in [0.3, 0.4) is 0 Å². The summed E-state index contributed by atoms with van der Waals surface area (Å²) in [5.41, 5.74) is 3.16. The average molecular weight is 548 g/mol. The molecule has 36 heavy (non-hydrogen) atoms. The number of pyridine rings is 1. The van der Waals surface area contributed by atoms with Gasteiger partial charge in [-0.2, -0.15) is 13.2 Å². The van der Waals surface area contributed by atoms with E-state index in [4.69, 9.17) is 26.8 Å². The SMILES string of the molecule is C[Si](C)(C)CCOCn1cc(C2(C(F)(F)F)CCC2)c2c(Oc3c(F)cc(N)cc3F)cc(Cl)nc21. The maximum atomic E-state index is 14.5. The lowest BCUT2D eigenvalue weighted by Gasteiger charge is -2.43. The first-order valence-corrected chi connectivity index (χ1v) is 15.6. The van der Waals surface area contributed by atoms with E-state index in [2.05, 4.69) is 24.6 Å². The zero-order valence-corrected chi connectivity index (χ0v) is 21.9. The Hall–Kier alpha value is -2.37. The van der Waals surface area contributed by atoms with Gasteiger partial charge in [0.1, 0.15) is 23.3 Å². The zero-order chi connectivity index (χ0) is 26.5. The van der Waals surface area contributed by atoms with Gasteiger partial charge in [0.15, 0.2) is 17.4 Å². The summed E-state index contributed by atoms with van der Waals surface area (Å²) in [6.07, 6.45) is -3.08. The largest absolute Gasteiger partial charge is 0.450 e. The molecule has 1 aromatic carbocycles. The number of halogens is 6. The molecule has 1 saturated carbocycles. The van der Waals surface area contributed by atoms with E-state index >= 15 is 0 Å². The maximum Gasteiger partial charge on any atom is 0.398 e. The highest BCUT2D eigenvalue weighted by Gasteiger charge is 2.60. The van der Waals surface area contributed by atoms with Crippen molar-refractivity contribution in [2.45, 2.75) is 63.3 Å². The molecule has 0 unspecified atom stereocenters. The maximum absolute atomic E-state index is 14.5. The summed E-state index contributed by atoms with van der Waals surface area (Å²) in [5, 5.41) is -0.128. The third-order valence-electron chi connectivity index (χ3n) is 6.48.